The Bertz CT molecular complexity index is 401. The van der Waals surface area contributed by atoms with Gasteiger partial charge in [0.25, 0.3) is 0 Å². The Kier molecular flexibility index (Phi) is 3.38. The number of rotatable bonds is 4. The summed E-state index contributed by atoms with van der Waals surface area (Å²) >= 11 is 0. The first kappa shape index (κ1) is 11.2. The van der Waals surface area contributed by atoms with Gasteiger partial charge >= 0.3 is 5.97 Å². The van der Waals surface area contributed by atoms with Crippen molar-refractivity contribution in [3.05, 3.63) is 29.1 Å². The van der Waals surface area contributed by atoms with Gasteiger partial charge in [-0.15, -0.1) is 0 Å². The largest absolute Gasteiger partial charge is 0.504 e. The highest BCUT2D eigenvalue weighted by Gasteiger charge is 2.15. The van der Waals surface area contributed by atoms with Crippen LogP contribution >= 0.6 is 0 Å². The molecule has 0 aliphatic carbocycles. The molecule has 0 bridgehead atoms. The number of carboxylic acids is 1. The van der Waals surface area contributed by atoms with E-state index in [0.29, 0.717) is 11.8 Å². The zero-order valence-electron chi connectivity index (χ0n) is 7.74. The molecule has 0 radical (unpaired) electrons. The maximum atomic E-state index is 13.0. The number of aldehydes is 1. The van der Waals surface area contributed by atoms with Gasteiger partial charge < -0.3 is 15.0 Å². The lowest BCUT2D eigenvalue weighted by molar-refractivity contribution is -0.107. The lowest BCUT2D eigenvalue weighted by atomic mass is 10.1. The molecule has 2 N–H and O–H groups in total. The van der Waals surface area contributed by atoms with E-state index in [4.69, 9.17) is 10.2 Å². The second-order valence-electron chi connectivity index (χ2n) is 2.98. The fourth-order valence-electron chi connectivity index (χ4n) is 1.19. The highest BCUT2D eigenvalue weighted by molar-refractivity contribution is 5.91. The Morgan fingerprint density at radius 2 is 2.13 bits per heavy atom. The van der Waals surface area contributed by atoms with E-state index in [9.17, 15) is 14.0 Å². The van der Waals surface area contributed by atoms with Gasteiger partial charge in [0.1, 0.15) is 11.8 Å². The molecular weight excluding hydrogens is 203 g/mol. The fourth-order valence-corrected chi connectivity index (χ4v) is 1.19. The smallest absolute Gasteiger partial charge is 0.339 e. The van der Waals surface area contributed by atoms with Gasteiger partial charge in [0.15, 0.2) is 11.6 Å². The van der Waals surface area contributed by atoms with E-state index in [1.54, 1.807) is 0 Å². The Morgan fingerprint density at radius 1 is 1.47 bits per heavy atom. The first-order valence-electron chi connectivity index (χ1n) is 4.24. The molecule has 1 rings (SSSR count). The molecule has 4 nitrogen and oxygen atoms in total. The second kappa shape index (κ2) is 4.54. The summed E-state index contributed by atoms with van der Waals surface area (Å²) in [6.45, 7) is 0. The van der Waals surface area contributed by atoms with E-state index in [1.807, 2.05) is 0 Å². The van der Waals surface area contributed by atoms with Gasteiger partial charge in [0, 0.05) is 6.42 Å². The Balaban J connectivity index is 3.11. The zero-order valence-corrected chi connectivity index (χ0v) is 7.74. The molecule has 0 fully saturated rings. The van der Waals surface area contributed by atoms with Crippen molar-refractivity contribution in [2.75, 3.05) is 0 Å². The Morgan fingerprint density at radius 3 is 2.67 bits per heavy atom. The number of aromatic hydroxyl groups is 1. The standard InChI is InChI=1S/C10H9FO4/c11-8-5-6(2-1-3-12)4-7(9(8)13)10(14)15/h3-5,13H,1-2H2,(H,14,15). The van der Waals surface area contributed by atoms with Crippen LogP contribution in [0.2, 0.25) is 0 Å². The maximum Gasteiger partial charge on any atom is 0.339 e. The molecule has 0 spiro atoms. The number of benzene rings is 1. The van der Waals surface area contributed by atoms with Crippen molar-refractivity contribution < 1.29 is 24.2 Å². The molecule has 5 heteroatoms. The summed E-state index contributed by atoms with van der Waals surface area (Å²) in [4.78, 5) is 20.7. The Labute approximate surface area is 85.0 Å². The highest BCUT2D eigenvalue weighted by atomic mass is 19.1. The SMILES string of the molecule is O=CCCc1cc(F)c(O)c(C(=O)O)c1. The molecule has 0 heterocycles. The third kappa shape index (κ3) is 2.52. The molecule has 1 aromatic rings. The number of phenols is 1. The molecule has 15 heavy (non-hydrogen) atoms. The summed E-state index contributed by atoms with van der Waals surface area (Å²) in [5.41, 5.74) is -0.120. The molecule has 0 aromatic heterocycles. The molecule has 0 saturated heterocycles. The van der Waals surface area contributed by atoms with E-state index >= 15 is 0 Å². The van der Waals surface area contributed by atoms with Crippen molar-refractivity contribution in [3.8, 4) is 5.75 Å². The van der Waals surface area contributed by atoms with Gasteiger partial charge in [-0.25, -0.2) is 9.18 Å². The van der Waals surface area contributed by atoms with Crippen LogP contribution in [-0.2, 0) is 11.2 Å². The van der Waals surface area contributed by atoms with E-state index in [-0.39, 0.29) is 12.8 Å². The van der Waals surface area contributed by atoms with Crippen LogP contribution in [0.25, 0.3) is 0 Å². The number of hydrogen-bond donors (Lipinski definition) is 2. The minimum Gasteiger partial charge on any atom is -0.504 e. The predicted molar refractivity (Wildman–Crippen MR) is 49.4 cm³/mol. The fraction of sp³-hybridized carbons (Fsp3) is 0.200. The number of carboxylic acid groups (broad SMARTS) is 1. The van der Waals surface area contributed by atoms with Crippen LogP contribution in [0.3, 0.4) is 0 Å². The first-order chi connectivity index (χ1) is 7.06. The van der Waals surface area contributed by atoms with Crippen LogP contribution < -0.4 is 0 Å². The summed E-state index contributed by atoms with van der Waals surface area (Å²) in [5.74, 6) is -3.27. The molecule has 0 atom stereocenters. The average Bonchev–Trinajstić information content (AvgIpc) is 2.19. The zero-order chi connectivity index (χ0) is 11.4. The molecule has 0 unspecified atom stereocenters. The third-order valence-corrected chi connectivity index (χ3v) is 1.90. The minimum atomic E-state index is -1.40. The summed E-state index contributed by atoms with van der Waals surface area (Å²) < 4.78 is 13.0. The monoisotopic (exact) mass is 212 g/mol. The summed E-state index contributed by atoms with van der Waals surface area (Å²) in [7, 11) is 0. The molecule has 0 saturated carbocycles. The van der Waals surface area contributed by atoms with E-state index in [2.05, 4.69) is 0 Å². The average molecular weight is 212 g/mol. The van der Waals surface area contributed by atoms with Gasteiger partial charge in [-0.05, 0) is 24.1 Å². The molecule has 0 aliphatic heterocycles. The van der Waals surface area contributed by atoms with Crippen LogP contribution in [0.1, 0.15) is 22.3 Å². The van der Waals surface area contributed by atoms with Crippen molar-refractivity contribution in [1.82, 2.24) is 0 Å². The highest BCUT2D eigenvalue weighted by Crippen LogP contribution is 2.23. The van der Waals surface area contributed by atoms with E-state index < -0.39 is 23.1 Å². The normalized spacial score (nSPS) is 9.93. The number of carbonyl (C=O) groups is 2. The van der Waals surface area contributed by atoms with Crippen LogP contribution in [-0.4, -0.2) is 22.5 Å². The number of aromatic carboxylic acids is 1. The van der Waals surface area contributed by atoms with Crippen molar-refractivity contribution in [2.24, 2.45) is 0 Å². The van der Waals surface area contributed by atoms with Gasteiger partial charge in [0.2, 0.25) is 0 Å². The van der Waals surface area contributed by atoms with Crippen molar-refractivity contribution in [3.63, 3.8) is 0 Å². The summed E-state index contributed by atoms with van der Waals surface area (Å²) in [5, 5.41) is 17.7. The lowest BCUT2D eigenvalue weighted by Gasteiger charge is -2.04. The summed E-state index contributed by atoms with van der Waals surface area (Å²) in [6.07, 6.45) is 1.09. The molecule has 0 aliphatic rings. The van der Waals surface area contributed by atoms with E-state index in [0.717, 1.165) is 12.1 Å². The van der Waals surface area contributed by atoms with Crippen molar-refractivity contribution >= 4 is 12.3 Å². The summed E-state index contributed by atoms with van der Waals surface area (Å²) in [6, 6.07) is 2.18. The minimum absolute atomic E-state index is 0.184. The second-order valence-corrected chi connectivity index (χ2v) is 2.98. The van der Waals surface area contributed by atoms with Crippen LogP contribution in [0.4, 0.5) is 4.39 Å². The van der Waals surface area contributed by atoms with Crippen molar-refractivity contribution in [2.45, 2.75) is 12.8 Å². The first-order valence-corrected chi connectivity index (χ1v) is 4.24. The molecule has 80 valence electrons. The number of aryl methyl sites for hydroxylation is 1. The van der Waals surface area contributed by atoms with Crippen LogP contribution in [0.5, 0.6) is 5.75 Å². The number of halogens is 1. The molecule has 0 amide bonds. The van der Waals surface area contributed by atoms with Gasteiger partial charge in [-0.2, -0.15) is 0 Å². The topological polar surface area (TPSA) is 74.6 Å². The van der Waals surface area contributed by atoms with Crippen LogP contribution in [0, 0.1) is 5.82 Å². The van der Waals surface area contributed by atoms with Crippen molar-refractivity contribution in [1.29, 1.82) is 0 Å². The number of carbonyl (C=O) groups excluding carboxylic acids is 1. The van der Waals surface area contributed by atoms with Gasteiger partial charge in [-0.1, -0.05) is 0 Å². The van der Waals surface area contributed by atoms with Crippen LogP contribution in [0.15, 0.2) is 12.1 Å². The third-order valence-electron chi connectivity index (χ3n) is 1.90. The van der Waals surface area contributed by atoms with Gasteiger partial charge in [0.05, 0.1) is 0 Å². The van der Waals surface area contributed by atoms with E-state index in [1.165, 1.54) is 0 Å². The number of hydrogen-bond acceptors (Lipinski definition) is 3. The Hall–Kier alpha value is -1.91. The van der Waals surface area contributed by atoms with Gasteiger partial charge in [-0.3, -0.25) is 0 Å². The molecular formula is C10H9FO4. The lowest BCUT2D eigenvalue weighted by Crippen LogP contribution is -2.00. The quantitative estimate of drug-likeness (QED) is 0.739. The maximum absolute atomic E-state index is 13.0. The molecule has 1 aromatic carbocycles. The predicted octanol–water partition coefficient (Wildman–Crippen LogP) is 1.36.